The molecule has 124 valence electrons. The van der Waals surface area contributed by atoms with Crippen molar-refractivity contribution in [3.8, 4) is 0 Å². The maximum absolute atomic E-state index is 13.5. The molecule has 1 aromatic rings. The second-order valence-corrected chi connectivity index (χ2v) is 8.41. The van der Waals surface area contributed by atoms with Crippen molar-refractivity contribution < 1.29 is 12.8 Å². The van der Waals surface area contributed by atoms with Crippen LogP contribution in [0.25, 0.3) is 0 Å². The third kappa shape index (κ3) is 4.76. The van der Waals surface area contributed by atoms with Gasteiger partial charge in [-0.1, -0.05) is 18.2 Å². The molecule has 4 nitrogen and oxygen atoms in total. The number of hydrogen-bond acceptors (Lipinski definition) is 3. The number of nitrogens with zero attached hydrogens (tertiary/aromatic N) is 1. The van der Waals surface area contributed by atoms with E-state index in [0.717, 1.165) is 13.1 Å². The maximum atomic E-state index is 13.5. The van der Waals surface area contributed by atoms with E-state index in [1.165, 1.54) is 18.9 Å². The van der Waals surface area contributed by atoms with Crippen molar-refractivity contribution >= 4 is 10.0 Å². The third-order valence-corrected chi connectivity index (χ3v) is 5.61. The van der Waals surface area contributed by atoms with Crippen molar-refractivity contribution in [2.75, 3.05) is 25.4 Å². The van der Waals surface area contributed by atoms with Crippen molar-refractivity contribution in [1.29, 1.82) is 0 Å². The topological polar surface area (TPSA) is 49.4 Å². The Labute approximate surface area is 132 Å². The Morgan fingerprint density at radius 1 is 1.23 bits per heavy atom. The van der Waals surface area contributed by atoms with E-state index in [9.17, 15) is 12.8 Å². The average Bonchev–Trinajstić information content (AvgIpc) is 3.00. The quantitative estimate of drug-likeness (QED) is 0.834. The summed E-state index contributed by atoms with van der Waals surface area (Å²) in [6.07, 6.45) is 2.53. The molecule has 22 heavy (non-hydrogen) atoms. The van der Waals surface area contributed by atoms with Crippen molar-refractivity contribution in [3.05, 3.63) is 35.6 Å². The number of hydrogen-bond donors (Lipinski definition) is 1. The highest BCUT2D eigenvalue weighted by molar-refractivity contribution is 7.89. The van der Waals surface area contributed by atoms with Gasteiger partial charge in [0.25, 0.3) is 0 Å². The van der Waals surface area contributed by atoms with Crippen molar-refractivity contribution in [2.45, 2.75) is 38.6 Å². The molecular formula is C16H25FN2O2S. The summed E-state index contributed by atoms with van der Waals surface area (Å²) >= 11 is 0. The summed E-state index contributed by atoms with van der Waals surface area (Å²) < 4.78 is 40.4. The number of sulfonamides is 1. The van der Waals surface area contributed by atoms with Gasteiger partial charge in [-0.15, -0.1) is 0 Å². The first kappa shape index (κ1) is 17.4. The lowest BCUT2D eigenvalue weighted by atomic mass is 10.0. The van der Waals surface area contributed by atoms with Crippen molar-refractivity contribution in [3.63, 3.8) is 0 Å². The zero-order valence-electron chi connectivity index (χ0n) is 13.3. The molecule has 1 aliphatic rings. The zero-order valence-corrected chi connectivity index (χ0v) is 14.1. The Balaban J connectivity index is 1.87. The van der Waals surface area contributed by atoms with Crippen LogP contribution in [0.1, 0.15) is 32.3 Å². The molecule has 0 amide bonds. The molecule has 0 spiro atoms. The molecule has 1 N–H and O–H groups in total. The molecule has 1 fully saturated rings. The van der Waals surface area contributed by atoms with E-state index < -0.39 is 10.0 Å². The predicted octanol–water partition coefficient (Wildman–Crippen LogP) is 2.16. The van der Waals surface area contributed by atoms with Gasteiger partial charge >= 0.3 is 0 Å². The molecule has 0 aliphatic carbocycles. The summed E-state index contributed by atoms with van der Waals surface area (Å²) in [5, 5.41) is 0. The van der Waals surface area contributed by atoms with Crippen LogP contribution < -0.4 is 4.72 Å². The molecule has 6 heteroatoms. The minimum atomic E-state index is -3.40. The molecule has 1 aliphatic heterocycles. The monoisotopic (exact) mass is 328 g/mol. The number of likely N-dealkylation sites (tertiary alicyclic amines) is 1. The molecule has 2 rings (SSSR count). The van der Waals surface area contributed by atoms with E-state index in [4.69, 9.17) is 0 Å². The van der Waals surface area contributed by atoms with Gasteiger partial charge in [-0.3, -0.25) is 4.90 Å². The van der Waals surface area contributed by atoms with E-state index in [-0.39, 0.29) is 23.5 Å². The Hall–Kier alpha value is -0.980. The number of aryl methyl sites for hydroxylation is 1. The molecule has 0 radical (unpaired) electrons. The van der Waals surface area contributed by atoms with Crippen LogP contribution in [-0.4, -0.2) is 44.2 Å². The second kappa shape index (κ2) is 7.06. The van der Waals surface area contributed by atoms with Crippen LogP contribution in [0, 0.1) is 5.82 Å². The Morgan fingerprint density at radius 3 is 2.50 bits per heavy atom. The van der Waals surface area contributed by atoms with Crippen LogP contribution in [0.4, 0.5) is 4.39 Å². The highest BCUT2D eigenvalue weighted by Gasteiger charge is 2.30. The summed E-state index contributed by atoms with van der Waals surface area (Å²) in [6.45, 7) is 6.52. The van der Waals surface area contributed by atoms with Gasteiger partial charge in [-0.05, 0) is 57.8 Å². The minimum Gasteiger partial charge on any atom is -0.297 e. The van der Waals surface area contributed by atoms with Crippen LogP contribution in [0.5, 0.6) is 0 Å². The zero-order chi connectivity index (χ0) is 16.2. The van der Waals surface area contributed by atoms with E-state index in [2.05, 4.69) is 23.5 Å². The molecule has 0 saturated carbocycles. The highest BCUT2D eigenvalue weighted by Crippen LogP contribution is 2.20. The van der Waals surface area contributed by atoms with Gasteiger partial charge in [0.15, 0.2) is 0 Å². The molecule has 0 aromatic heterocycles. The third-order valence-electron chi connectivity index (χ3n) is 4.28. The lowest BCUT2D eigenvalue weighted by Gasteiger charge is -2.35. The van der Waals surface area contributed by atoms with E-state index in [1.54, 1.807) is 18.2 Å². The van der Waals surface area contributed by atoms with Crippen LogP contribution >= 0.6 is 0 Å². The summed E-state index contributed by atoms with van der Waals surface area (Å²) in [4.78, 5) is 2.31. The van der Waals surface area contributed by atoms with Crippen molar-refractivity contribution in [2.24, 2.45) is 0 Å². The van der Waals surface area contributed by atoms with Gasteiger partial charge in [0.2, 0.25) is 10.0 Å². The average molecular weight is 328 g/mol. The van der Waals surface area contributed by atoms with Gasteiger partial charge in [0, 0.05) is 12.1 Å². The largest absolute Gasteiger partial charge is 0.297 e. The number of nitrogens with one attached hydrogen (secondary N) is 1. The van der Waals surface area contributed by atoms with Crippen LogP contribution in [-0.2, 0) is 16.4 Å². The molecule has 1 saturated heterocycles. The van der Waals surface area contributed by atoms with Crippen molar-refractivity contribution in [1.82, 2.24) is 9.62 Å². The first-order valence-electron chi connectivity index (χ1n) is 7.76. The Morgan fingerprint density at radius 2 is 1.86 bits per heavy atom. The highest BCUT2D eigenvalue weighted by atomic mass is 32.2. The van der Waals surface area contributed by atoms with Crippen LogP contribution in [0.15, 0.2) is 24.3 Å². The predicted molar refractivity (Wildman–Crippen MR) is 86.8 cm³/mol. The number of rotatable bonds is 7. The molecule has 0 bridgehead atoms. The number of benzene rings is 1. The fourth-order valence-corrected chi connectivity index (χ4v) is 3.94. The Bertz CT molecular complexity index is 596. The van der Waals surface area contributed by atoms with Crippen LogP contribution in [0.3, 0.4) is 0 Å². The van der Waals surface area contributed by atoms with E-state index in [1.807, 2.05) is 0 Å². The standard InChI is InChI=1S/C16H25FN2O2S/c1-16(2,19-10-5-6-11-19)13-18-22(20,21)12-9-14-7-3-4-8-15(14)17/h3-4,7-8,18H,5-6,9-13H2,1-2H3. The van der Waals surface area contributed by atoms with E-state index >= 15 is 0 Å². The molecule has 1 heterocycles. The summed E-state index contributed by atoms with van der Waals surface area (Å²) in [5.74, 6) is -0.445. The smallest absolute Gasteiger partial charge is 0.211 e. The second-order valence-electron chi connectivity index (χ2n) is 6.49. The summed E-state index contributed by atoms with van der Waals surface area (Å²) in [5.41, 5.74) is 0.244. The van der Waals surface area contributed by atoms with Gasteiger partial charge in [-0.25, -0.2) is 17.5 Å². The van der Waals surface area contributed by atoms with Gasteiger partial charge in [0.05, 0.1) is 5.75 Å². The molecular weight excluding hydrogens is 303 g/mol. The van der Waals surface area contributed by atoms with Gasteiger partial charge in [0.1, 0.15) is 5.82 Å². The fraction of sp³-hybridized carbons (Fsp3) is 0.625. The fourth-order valence-electron chi connectivity index (χ4n) is 2.74. The minimum absolute atomic E-state index is 0.0932. The summed E-state index contributed by atoms with van der Waals surface area (Å²) in [7, 11) is -3.40. The molecule has 0 unspecified atom stereocenters. The molecule has 1 aromatic carbocycles. The number of halogens is 1. The normalized spacial score (nSPS) is 17.0. The van der Waals surface area contributed by atoms with Gasteiger partial charge < -0.3 is 0 Å². The summed E-state index contributed by atoms with van der Waals surface area (Å²) in [6, 6.07) is 6.30. The maximum Gasteiger partial charge on any atom is 0.211 e. The van der Waals surface area contributed by atoms with Gasteiger partial charge in [-0.2, -0.15) is 0 Å². The first-order chi connectivity index (χ1) is 10.3. The van der Waals surface area contributed by atoms with E-state index in [0.29, 0.717) is 12.1 Å². The Kier molecular flexibility index (Phi) is 5.58. The lowest BCUT2D eigenvalue weighted by Crippen LogP contribution is -2.50. The molecule has 0 atom stereocenters. The first-order valence-corrected chi connectivity index (χ1v) is 9.41. The lowest BCUT2D eigenvalue weighted by molar-refractivity contribution is 0.158. The SMILES string of the molecule is CC(C)(CNS(=O)(=O)CCc1ccccc1F)N1CCCC1. The van der Waals surface area contributed by atoms with Crippen LogP contribution in [0.2, 0.25) is 0 Å².